The van der Waals surface area contributed by atoms with Crippen molar-refractivity contribution in [2.24, 2.45) is 5.41 Å². The van der Waals surface area contributed by atoms with Gasteiger partial charge in [0.2, 0.25) is 5.91 Å². The van der Waals surface area contributed by atoms with E-state index in [1.165, 1.54) is 0 Å². The Morgan fingerprint density at radius 2 is 2.04 bits per heavy atom. The number of carbonyl (C=O) groups excluding carboxylic acids is 2. The Hall–Kier alpha value is -2.70. The van der Waals surface area contributed by atoms with E-state index in [0.29, 0.717) is 18.5 Å². The molecule has 0 radical (unpaired) electrons. The predicted octanol–water partition coefficient (Wildman–Crippen LogP) is 1.89. The van der Waals surface area contributed by atoms with E-state index in [-0.39, 0.29) is 17.2 Å². The topological polar surface area (TPSA) is 82.2 Å². The monoisotopic (exact) mass is 367 g/mol. The fourth-order valence-corrected chi connectivity index (χ4v) is 4.37. The lowest BCUT2D eigenvalue weighted by molar-refractivity contribution is -0.138. The lowest BCUT2D eigenvalue weighted by atomic mass is 9.73. The first-order valence-electron chi connectivity index (χ1n) is 9.60. The van der Waals surface area contributed by atoms with Crippen LogP contribution in [0.4, 0.5) is 0 Å². The van der Waals surface area contributed by atoms with Crippen molar-refractivity contribution in [1.29, 1.82) is 0 Å². The minimum Gasteiger partial charge on any atom is -0.348 e. The summed E-state index contributed by atoms with van der Waals surface area (Å²) in [6.45, 7) is 2.94. The zero-order valence-electron chi connectivity index (χ0n) is 15.4. The summed E-state index contributed by atoms with van der Waals surface area (Å²) in [5.74, 6) is 0.287. The summed E-state index contributed by atoms with van der Waals surface area (Å²) >= 11 is 0. The average Bonchev–Trinajstić information content (AvgIpc) is 3.23. The zero-order chi connectivity index (χ0) is 18.7. The SMILES string of the molecule is O=C1CC[C@@]2(CCCN(C(=O)c3ccncc3)C2)CN1CCc1cnc[nH]1. The molecule has 2 fully saturated rings. The number of aromatic nitrogens is 3. The number of piperidine rings is 2. The van der Waals surface area contributed by atoms with Gasteiger partial charge in [-0.15, -0.1) is 0 Å². The van der Waals surface area contributed by atoms with Crippen LogP contribution in [-0.2, 0) is 11.2 Å². The molecule has 27 heavy (non-hydrogen) atoms. The minimum absolute atomic E-state index is 0.0167. The summed E-state index contributed by atoms with van der Waals surface area (Å²) in [4.78, 5) is 40.4. The summed E-state index contributed by atoms with van der Waals surface area (Å²) < 4.78 is 0. The number of pyridine rings is 1. The van der Waals surface area contributed by atoms with Crippen LogP contribution in [0.5, 0.6) is 0 Å². The van der Waals surface area contributed by atoms with Gasteiger partial charge in [-0.25, -0.2) is 4.98 Å². The summed E-state index contributed by atoms with van der Waals surface area (Å²) in [6.07, 6.45) is 11.1. The van der Waals surface area contributed by atoms with Gasteiger partial charge in [-0.1, -0.05) is 0 Å². The molecule has 1 atom stereocenters. The minimum atomic E-state index is 0.0167. The van der Waals surface area contributed by atoms with Gasteiger partial charge >= 0.3 is 0 Å². The molecule has 0 bridgehead atoms. The Morgan fingerprint density at radius 3 is 2.81 bits per heavy atom. The third-order valence-corrected chi connectivity index (χ3v) is 5.83. The number of amides is 2. The maximum Gasteiger partial charge on any atom is 0.253 e. The van der Waals surface area contributed by atoms with Crippen LogP contribution in [-0.4, -0.2) is 62.7 Å². The van der Waals surface area contributed by atoms with Crippen LogP contribution >= 0.6 is 0 Å². The lowest BCUT2D eigenvalue weighted by Gasteiger charge is -2.48. The van der Waals surface area contributed by atoms with Crippen LogP contribution in [0.1, 0.15) is 41.7 Å². The van der Waals surface area contributed by atoms with Gasteiger partial charge in [-0.3, -0.25) is 14.6 Å². The maximum absolute atomic E-state index is 12.9. The van der Waals surface area contributed by atoms with Gasteiger partial charge in [0, 0.05) is 74.3 Å². The van der Waals surface area contributed by atoms with Crippen LogP contribution < -0.4 is 0 Å². The molecule has 2 aliphatic heterocycles. The number of nitrogens with one attached hydrogen (secondary N) is 1. The first-order chi connectivity index (χ1) is 13.2. The fraction of sp³-hybridized carbons (Fsp3) is 0.500. The molecule has 2 aromatic rings. The normalized spacial score (nSPS) is 23.0. The molecule has 2 aromatic heterocycles. The van der Waals surface area contributed by atoms with Crippen LogP contribution in [0.3, 0.4) is 0 Å². The Balaban J connectivity index is 1.43. The fourth-order valence-electron chi connectivity index (χ4n) is 4.37. The number of rotatable bonds is 4. The van der Waals surface area contributed by atoms with Crippen molar-refractivity contribution in [1.82, 2.24) is 24.8 Å². The molecule has 0 aromatic carbocycles. The van der Waals surface area contributed by atoms with Crippen LogP contribution in [0, 0.1) is 5.41 Å². The predicted molar refractivity (Wildman–Crippen MR) is 99.9 cm³/mol. The molecule has 2 aliphatic rings. The summed E-state index contributed by atoms with van der Waals surface area (Å²) in [6, 6.07) is 3.54. The highest BCUT2D eigenvalue weighted by Gasteiger charge is 2.42. The lowest BCUT2D eigenvalue weighted by Crippen LogP contribution is -2.55. The zero-order valence-corrected chi connectivity index (χ0v) is 15.4. The van der Waals surface area contributed by atoms with E-state index >= 15 is 0 Å². The number of carbonyl (C=O) groups is 2. The van der Waals surface area contributed by atoms with Gasteiger partial charge in [0.05, 0.1) is 6.33 Å². The number of H-pyrrole nitrogens is 1. The van der Waals surface area contributed by atoms with Gasteiger partial charge < -0.3 is 14.8 Å². The van der Waals surface area contributed by atoms with Crippen LogP contribution in [0.15, 0.2) is 37.1 Å². The number of nitrogens with zero attached hydrogens (tertiary/aromatic N) is 4. The van der Waals surface area contributed by atoms with Gasteiger partial charge in [0.15, 0.2) is 0 Å². The molecule has 7 heteroatoms. The molecule has 4 rings (SSSR count). The van der Waals surface area contributed by atoms with Crippen molar-refractivity contribution in [3.8, 4) is 0 Å². The Kier molecular flexibility index (Phi) is 4.92. The van der Waals surface area contributed by atoms with Crippen molar-refractivity contribution in [3.63, 3.8) is 0 Å². The van der Waals surface area contributed by atoms with E-state index in [1.807, 2.05) is 9.80 Å². The highest BCUT2D eigenvalue weighted by atomic mass is 16.2. The molecule has 2 saturated heterocycles. The van der Waals surface area contributed by atoms with Crippen molar-refractivity contribution >= 4 is 11.8 Å². The molecule has 142 valence electrons. The molecule has 0 aliphatic carbocycles. The Morgan fingerprint density at radius 1 is 1.19 bits per heavy atom. The third-order valence-electron chi connectivity index (χ3n) is 5.83. The number of imidazole rings is 1. The van der Waals surface area contributed by atoms with Gasteiger partial charge in [-0.2, -0.15) is 0 Å². The summed E-state index contributed by atoms with van der Waals surface area (Å²) in [7, 11) is 0. The largest absolute Gasteiger partial charge is 0.348 e. The molecule has 0 unspecified atom stereocenters. The molecule has 1 N–H and O–H groups in total. The van der Waals surface area contributed by atoms with Gasteiger partial charge in [-0.05, 0) is 31.4 Å². The summed E-state index contributed by atoms with van der Waals surface area (Å²) in [5.41, 5.74) is 1.74. The standard InChI is InChI=1S/C20H25N5O2/c26-18-2-7-20(13-24(18)11-5-17-12-22-15-23-17)6-1-10-25(14-20)19(27)16-3-8-21-9-4-16/h3-4,8-9,12,15H,1-2,5-7,10-11,13-14H2,(H,22,23)/t20-/m0/s1. The highest BCUT2D eigenvalue weighted by Crippen LogP contribution is 2.39. The van der Waals surface area contributed by atoms with E-state index in [0.717, 1.165) is 51.0 Å². The molecule has 0 saturated carbocycles. The highest BCUT2D eigenvalue weighted by molar-refractivity contribution is 5.94. The van der Waals surface area contributed by atoms with E-state index in [1.54, 1.807) is 37.1 Å². The van der Waals surface area contributed by atoms with Crippen LogP contribution in [0.25, 0.3) is 0 Å². The quantitative estimate of drug-likeness (QED) is 0.895. The second-order valence-corrected chi connectivity index (χ2v) is 7.71. The van der Waals surface area contributed by atoms with Gasteiger partial charge in [0.1, 0.15) is 0 Å². The van der Waals surface area contributed by atoms with E-state index in [4.69, 9.17) is 0 Å². The van der Waals surface area contributed by atoms with Crippen molar-refractivity contribution in [3.05, 3.63) is 48.3 Å². The first kappa shape index (κ1) is 17.7. The molecular weight excluding hydrogens is 342 g/mol. The number of aromatic amines is 1. The smallest absolute Gasteiger partial charge is 0.253 e. The Bertz CT molecular complexity index is 792. The number of hydrogen-bond donors (Lipinski definition) is 1. The summed E-state index contributed by atoms with van der Waals surface area (Å²) in [5, 5.41) is 0. The second-order valence-electron chi connectivity index (χ2n) is 7.71. The maximum atomic E-state index is 12.9. The van der Waals surface area contributed by atoms with Crippen LogP contribution in [0.2, 0.25) is 0 Å². The first-order valence-corrected chi connectivity index (χ1v) is 9.60. The molecule has 2 amide bonds. The molecule has 7 nitrogen and oxygen atoms in total. The van der Waals surface area contributed by atoms with E-state index in [2.05, 4.69) is 15.0 Å². The van der Waals surface area contributed by atoms with Crippen molar-refractivity contribution in [2.45, 2.75) is 32.1 Å². The van der Waals surface area contributed by atoms with E-state index in [9.17, 15) is 9.59 Å². The molecule has 4 heterocycles. The van der Waals surface area contributed by atoms with Crippen molar-refractivity contribution < 1.29 is 9.59 Å². The Labute approximate surface area is 158 Å². The number of hydrogen-bond acceptors (Lipinski definition) is 4. The average molecular weight is 367 g/mol. The van der Waals surface area contributed by atoms with E-state index < -0.39 is 0 Å². The number of likely N-dealkylation sites (tertiary alicyclic amines) is 2. The molecular formula is C20H25N5O2. The van der Waals surface area contributed by atoms with Gasteiger partial charge in [0.25, 0.3) is 5.91 Å². The van der Waals surface area contributed by atoms with Crippen molar-refractivity contribution in [2.75, 3.05) is 26.2 Å². The second kappa shape index (κ2) is 7.50. The third kappa shape index (κ3) is 3.86. The molecule has 1 spiro atoms.